The minimum absolute atomic E-state index is 0.0173. The third kappa shape index (κ3) is 3.10. The van der Waals surface area contributed by atoms with E-state index in [2.05, 4.69) is 52.4 Å². The van der Waals surface area contributed by atoms with E-state index in [9.17, 15) is 0 Å². The van der Waals surface area contributed by atoms with Crippen LogP contribution in [0.15, 0.2) is 33.6 Å². The summed E-state index contributed by atoms with van der Waals surface area (Å²) in [6.07, 6.45) is 2.87. The lowest BCUT2D eigenvalue weighted by atomic mass is 10.0. The summed E-state index contributed by atoms with van der Waals surface area (Å²) in [4.78, 5) is 1.25. The van der Waals surface area contributed by atoms with Crippen LogP contribution in [0.2, 0.25) is 0 Å². The normalized spacial score (nSPS) is 12.7. The van der Waals surface area contributed by atoms with Crippen LogP contribution in [0.5, 0.6) is 0 Å². The molecule has 0 amide bonds. The summed E-state index contributed by atoms with van der Waals surface area (Å²) in [5, 5.41) is 4.53. The van der Waals surface area contributed by atoms with E-state index in [4.69, 9.17) is 5.73 Å². The first-order valence-corrected chi connectivity index (χ1v) is 8.70. The van der Waals surface area contributed by atoms with Gasteiger partial charge in [0.25, 0.3) is 0 Å². The molecule has 1 aromatic carbocycles. The number of hydrogen-bond acceptors (Lipinski definition) is 3. The van der Waals surface area contributed by atoms with E-state index in [0.717, 1.165) is 23.1 Å². The number of aryl methyl sites for hydroxylation is 2. The lowest BCUT2D eigenvalue weighted by Gasteiger charge is -2.16. The van der Waals surface area contributed by atoms with Crippen molar-refractivity contribution in [2.75, 3.05) is 6.26 Å². The molecule has 0 spiro atoms. The first-order chi connectivity index (χ1) is 9.58. The Morgan fingerprint density at radius 3 is 2.75 bits per heavy atom. The first-order valence-electron chi connectivity index (χ1n) is 6.68. The zero-order chi connectivity index (χ0) is 14.7. The average Bonchev–Trinajstić information content (AvgIpc) is 2.74. The minimum Gasteiger partial charge on any atom is -0.324 e. The molecule has 20 heavy (non-hydrogen) atoms. The van der Waals surface area contributed by atoms with Gasteiger partial charge in [-0.05, 0) is 47.7 Å². The van der Waals surface area contributed by atoms with Crippen molar-refractivity contribution in [3.8, 4) is 0 Å². The smallest absolute Gasteiger partial charge is 0.0738 e. The molecule has 0 bridgehead atoms. The number of benzene rings is 1. The Labute approximate surface area is 133 Å². The molecule has 1 atom stereocenters. The summed E-state index contributed by atoms with van der Waals surface area (Å²) in [6, 6.07) is 8.32. The second-order valence-electron chi connectivity index (χ2n) is 4.71. The number of aromatic nitrogens is 2. The summed E-state index contributed by atoms with van der Waals surface area (Å²) < 4.78 is 3.11. The van der Waals surface area contributed by atoms with Crippen LogP contribution in [-0.4, -0.2) is 16.0 Å². The summed E-state index contributed by atoms with van der Waals surface area (Å²) in [7, 11) is 0. The molecule has 5 heteroatoms. The van der Waals surface area contributed by atoms with Crippen molar-refractivity contribution >= 4 is 27.7 Å². The van der Waals surface area contributed by atoms with Gasteiger partial charge in [-0.1, -0.05) is 18.2 Å². The van der Waals surface area contributed by atoms with E-state index in [0.29, 0.717) is 0 Å². The van der Waals surface area contributed by atoms with Crippen LogP contribution in [0.25, 0.3) is 0 Å². The fourth-order valence-corrected chi connectivity index (χ4v) is 3.47. The van der Waals surface area contributed by atoms with Crippen LogP contribution in [-0.2, 0) is 13.0 Å². The summed E-state index contributed by atoms with van der Waals surface area (Å²) in [6.45, 7) is 4.98. The molecule has 0 fully saturated rings. The maximum Gasteiger partial charge on any atom is 0.0738 e. The van der Waals surface area contributed by atoms with Crippen molar-refractivity contribution in [2.45, 2.75) is 37.8 Å². The molecule has 0 aliphatic heterocycles. The van der Waals surface area contributed by atoms with Crippen molar-refractivity contribution in [3.63, 3.8) is 0 Å². The van der Waals surface area contributed by atoms with Gasteiger partial charge in [0.2, 0.25) is 0 Å². The van der Waals surface area contributed by atoms with Gasteiger partial charge in [-0.3, -0.25) is 4.68 Å². The van der Waals surface area contributed by atoms with Gasteiger partial charge in [-0.25, -0.2) is 0 Å². The van der Waals surface area contributed by atoms with E-state index in [1.807, 2.05) is 17.7 Å². The number of nitrogens with two attached hydrogens (primary N) is 1. The highest BCUT2D eigenvalue weighted by atomic mass is 79.9. The molecule has 0 aliphatic carbocycles. The molecule has 3 nitrogen and oxygen atoms in total. The molecule has 1 aromatic heterocycles. The van der Waals surface area contributed by atoms with Gasteiger partial charge < -0.3 is 5.73 Å². The predicted molar refractivity (Wildman–Crippen MR) is 89.2 cm³/mol. The van der Waals surface area contributed by atoms with Crippen molar-refractivity contribution in [3.05, 3.63) is 45.7 Å². The van der Waals surface area contributed by atoms with Crippen LogP contribution < -0.4 is 5.73 Å². The Bertz CT molecular complexity index is 595. The summed E-state index contributed by atoms with van der Waals surface area (Å²) >= 11 is 5.37. The molecule has 2 rings (SSSR count). The van der Waals surface area contributed by atoms with Crippen molar-refractivity contribution in [2.24, 2.45) is 5.73 Å². The molecule has 0 saturated heterocycles. The molecule has 2 aromatic rings. The van der Waals surface area contributed by atoms with Gasteiger partial charge in [0.05, 0.1) is 15.9 Å². The number of thioether (sulfide) groups is 1. The SMILES string of the molecule is CCn1nc(C)c(Br)c1CC(N)c1ccccc1SC. The topological polar surface area (TPSA) is 43.8 Å². The molecule has 108 valence electrons. The predicted octanol–water partition coefficient (Wildman–Crippen LogP) is 3.94. The second-order valence-corrected chi connectivity index (χ2v) is 6.36. The maximum absolute atomic E-state index is 6.43. The molecule has 2 N–H and O–H groups in total. The highest BCUT2D eigenvalue weighted by molar-refractivity contribution is 9.10. The molecule has 0 radical (unpaired) electrons. The quantitative estimate of drug-likeness (QED) is 0.828. The van der Waals surface area contributed by atoms with E-state index in [-0.39, 0.29) is 6.04 Å². The standard InChI is InChI=1S/C15H20BrN3S/c1-4-19-13(15(16)10(2)18-19)9-12(17)11-7-5-6-8-14(11)20-3/h5-8,12H,4,9,17H2,1-3H3. The van der Waals surface area contributed by atoms with Gasteiger partial charge in [0.15, 0.2) is 0 Å². The number of rotatable bonds is 5. The summed E-state index contributed by atoms with van der Waals surface area (Å²) in [5.41, 5.74) is 9.83. The molecular formula is C15H20BrN3S. The summed E-state index contributed by atoms with van der Waals surface area (Å²) in [5.74, 6) is 0. The highest BCUT2D eigenvalue weighted by Crippen LogP contribution is 2.29. The van der Waals surface area contributed by atoms with E-state index in [1.165, 1.54) is 16.2 Å². The zero-order valence-corrected chi connectivity index (χ0v) is 14.5. The Hall–Kier alpha value is -0.780. The monoisotopic (exact) mass is 353 g/mol. The largest absolute Gasteiger partial charge is 0.324 e. The zero-order valence-electron chi connectivity index (χ0n) is 12.1. The number of nitrogens with zero attached hydrogens (tertiary/aromatic N) is 2. The Morgan fingerprint density at radius 1 is 1.40 bits per heavy atom. The lowest BCUT2D eigenvalue weighted by Crippen LogP contribution is -2.17. The van der Waals surface area contributed by atoms with Gasteiger partial charge in [-0.2, -0.15) is 5.10 Å². The van der Waals surface area contributed by atoms with Gasteiger partial charge in [0, 0.05) is 23.9 Å². The third-order valence-corrected chi connectivity index (χ3v) is 5.25. The average molecular weight is 354 g/mol. The van der Waals surface area contributed by atoms with Gasteiger partial charge in [-0.15, -0.1) is 11.8 Å². The maximum atomic E-state index is 6.43. The highest BCUT2D eigenvalue weighted by Gasteiger charge is 2.18. The molecule has 1 heterocycles. The van der Waals surface area contributed by atoms with Gasteiger partial charge >= 0.3 is 0 Å². The Morgan fingerprint density at radius 2 is 2.10 bits per heavy atom. The minimum atomic E-state index is -0.0173. The molecule has 0 aliphatic rings. The van der Waals surface area contributed by atoms with Gasteiger partial charge in [0.1, 0.15) is 0 Å². The molecular weight excluding hydrogens is 334 g/mol. The van der Waals surface area contributed by atoms with Crippen molar-refractivity contribution < 1.29 is 0 Å². The first kappa shape index (κ1) is 15.6. The van der Waals surface area contributed by atoms with E-state index in [1.54, 1.807) is 11.8 Å². The Kier molecular flexibility index (Phi) is 5.29. The fourth-order valence-electron chi connectivity index (χ4n) is 2.36. The van der Waals surface area contributed by atoms with Crippen LogP contribution in [0.1, 0.15) is 29.9 Å². The van der Waals surface area contributed by atoms with Crippen LogP contribution >= 0.6 is 27.7 Å². The van der Waals surface area contributed by atoms with E-state index >= 15 is 0 Å². The number of hydrogen-bond donors (Lipinski definition) is 1. The second kappa shape index (κ2) is 6.78. The fraction of sp³-hybridized carbons (Fsp3) is 0.400. The molecule has 0 saturated carbocycles. The van der Waals surface area contributed by atoms with Crippen LogP contribution in [0.3, 0.4) is 0 Å². The molecule has 1 unspecified atom stereocenters. The Balaban J connectivity index is 2.30. The van der Waals surface area contributed by atoms with Crippen LogP contribution in [0.4, 0.5) is 0 Å². The van der Waals surface area contributed by atoms with Crippen molar-refractivity contribution in [1.82, 2.24) is 9.78 Å². The number of halogens is 1. The third-order valence-electron chi connectivity index (χ3n) is 3.40. The van der Waals surface area contributed by atoms with Crippen LogP contribution in [0, 0.1) is 6.92 Å². The van der Waals surface area contributed by atoms with E-state index < -0.39 is 0 Å². The lowest BCUT2D eigenvalue weighted by molar-refractivity contribution is 0.583. The van der Waals surface area contributed by atoms with Crippen molar-refractivity contribution in [1.29, 1.82) is 0 Å².